The molecule has 0 unspecified atom stereocenters. The standard InChI is InChI=1S/C24H23N3O3S/c28-22(21-20(16-4-1-5-16)27-13-3-12-25-24(27)31-21)26-19-7-2-6-18(14-19)15-8-10-17(11-9-15)23(29)30/h2,6-11,14,16H,1,3-5,12-13H2,(H,26,28)(H,29,30). The van der Waals surface area contributed by atoms with Gasteiger partial charge in [0, 0.05) is 30.4 Å². The van der Waals surface area contributed by atoms with Crippen molar-refractivity contribution in [2.45, 2.75) is 25.7 Å². The third kappa shape index (κ3) is 3.85. The number of hydrogen-bond acceptors (Lipinski definition) is 5. The van der Waals surface area contributed by atoms with Crippen LogP contribution in [0.15, 0.2) is 64.1 Å². The van der Waals surface area contributed by atoms with Crippen LogP contribution in [0.25, 0.3) is 11.1 Å². The van der Waals surface area contributed by atoms with Gasteiger partial charge in [0.2, 0.25) is 0 Å². The van der Waals surface area contributed by atoms with Gasteiger partial charge in [0.25, 0.3) is 5.91 Å². The molecule has 0 atom stereocenters. The zero-order valence-electron chi connectivity index (χ0n) is 17.0. The lowest BCUT2D eigenvalue weighted by atomic mass is 9.82. The number of carboxylic acid groups (broad SMARTS) is 1. The third-order valence-corrected chi connectivity index (χ3v) is 7.15. The smallest absolute Gasteiger partial charge is 0.335 e. The van der Waals surface area contributed by atoms with E-state index in [-0.39, 0.29) is 11.5 Å². The minimum atomic E-state index is -0.946. The number of carbonyl (C=O) groups excluding carboxylic acids is 1. The molecule has 2 aromatic rings. The molecule has 2 heterocycles. The highest BCUT2D eigenvalue weighted by Gasteiger charge is 2.39. The molecule has 0 saturated heterocycles. The Balaban J connectivity index is 1.39. The van der Waals surface area contributed by atoms with Crippen molar-refractivity contribution >= 4 is 34.5 Å². The summed E-state index contributed by atoms with van der Waals surface area (Å²) in [5, 5.41) is 13.1. The number of aromatic carboxylic acids is 1. The minimum absolute atomic E-state index is 0.0811. The molecule has 2 aromatic carbocycles. The van der Waals surface area contributed by atoms with Crippen LogP contribution in [-0.2, 0) is 4.79 Å². The van der Waals surface area contributed by atoms with Crippen LogP contribution in [0.3, 0.4) is 0 Å². The van der Waals surface area contributed by atoms with Crippen molar-refractivity contribution in [2.75, 3.05) is 18.4 Å². The number of benzene rings is 2. The highest BCUT2D eigenvalue weighted by Crippen LogP contribution is 2.46. The van der Waals surface area contributed by atoms with E-state index in [0.717, 1.165) is 64.9 Å². The van der Waals surface area contributed by atoms with Crippen molar-refractivity contribution in [1.82, 2.24) is 4.90 Å². The SMILES string of the molecule is O=C(Nc1cccc(-c2ccc(C(=O)O)cc2)c1)C1=C(C2CCC2)N2CCCN=C2S1. The van der Waals surface area contributed by atoms with Gasteiger partial charge in [0.1, 0.15) is 4.91 Å². The van der Waals surface area contributed by atoms with E-state index in [1.54, 1.807) is 24.3 Å². The van der Waals surface area contributed by atoms with Gasteiger partial charge >= 0.3 is 5.97 Å². The second-order valence-corrected chi connectivity index (χ2v) is 9.01. The Bertz CT molecular complexity index is 1100. The largest absolute Gasteiger partial charge is 0.478 e. The monoisotopic (exact) mass is 433 g/mol. The second-order valence-electron chi connectivity index (χ2n) is 8.03. The van der Waals surface area contributed by atoms with E-state index in [2.05, 4.69) is 15.2 Å². The Hall–Kier alpha value is -3.06. The third-order valence-electron chi connectivity index (χ3n) is 6.02. The molecule has 6 nitrogen and oxygen atoms in total. The average molecular weight is 434 g/mol. The first-order chi connectivity index (χ1) is 15.1. The number of aliphatic imine (C=N–C) groups is 1. The van der Waals surface area contributed by atoms with Gasteiger partial charge in [-0.15, -0.1) is 0 Å². The maximum atomic E-state index is 13.2. The molecule has 0 radical (unpaired) electrons. The van der Waals surface area contributed by atoms with Crippen LogP contribution in [0.1, 0.15) is 36.0 Å². The number of carboxylic acids is 1. The van der Waals surface area contributed by atoms with Gasteiger partial charge in [0.05, 0.1) is 5.56 Å². The fourth-order valence-corrected chi connectivity index (χ4v) is 5.34. The van der Waals surface area contributed by atoms with Crippen molar-refractivity contribution in [3.8, 4) is 11.1 Å². The van der Waals surface area contributed by atoms with Crippen LogP contribution < -0.4 is 5.32 Å². The van der Waals surface area contributed by atoms with Gasteiger partial charge in [-0.05, 0) is 66.4 Å². The number of rotatable bonds is 5. The summed E-state index contributed by atoms with van der Waals surface area (Å²) >= 11 is 1.50. The van der Waals surface area contributed by atoms with Crippen LogP contribution in [0, 0.1) is 5.92 Å². The number of hydrogen-bond donors (Lipinski definition) is 2. The molecular weight excluding hydrogens is 410 g/mol. The van der Waals surface area contributed by atoms with Crippen molar-refractivity contribution in [1.29, 1.82) is 0 Å². The van der Waals surface area contributed by atoms with E-state index < -0.39 is 5.97 Å². The first-order valence-corrected chi connectivity index (χ1v) is 11.4. The van der Waals surface area contributed by atoms with Crippen LogP contribution in [-0.4, -0.2) is 40.1 Å². The normalized spacial score (nSPS) is 18.3. The maximum Gasteiger partial charge on any atom is 0.335 e. The summed E-state index contributed by atoms with van der Waals surface area (Å²) in [6.45, 7) is 1.77. The molecule has 2 N–H and O–H groups in total. The number of anilines is 1. The predicted octanol–water partition coefficient (Wildman–Crippen LogP) is 4.81. The van der Waals surface area contributed by atoms with Crippen molar-refractivity contribution in [3.05, 3.63) is 64.7 Å². The predicted molar refractivity (Wildman–Crippen MR) is 123 cm³/mol. The number of nitrogens with zero attached hydrogens (tertiary/aromatic N) is 2. The molecule has 1 aliphatic carbocycles. The molecule has 5 rings (SSSR count). The quantitative estimate of drug-likeness (QED) is 0.707. The minimum Gasteiger partial charge on any atom is -0.478 e. The molecule has 31 heavy (non-hydrogen) atoms. The fraction of sp³-hybridized carbons (Fsp3) is 0.292. The highest BCUT2D eigenvalue weighted by atomic mass is 32.2. The fourth-order valence-electron chi connectivity index (χ4n) is 4.18. The molecular formula is C24H23N3O3S. The molecule has 3 aliphatic rings. The molecule has 0 spiro atoms. The lowest BCUT2D eigenvalue weighted by molar-refractivity contribution is -0.112. The van der Waals surface area contributed by atoms with E-state index >= 15 is 0 Å². The summed E-state index contributed by atoms with van der Waals surface area (Å²) in [5.41, 5.74) is 3.95. The Morgan fingerprint density at radius 2 is 1.87 bits per heavy atom. The second kappa shape index (κ2) is 8.23. The van der Waals surface area contributed by atoms with Crippen molar-refractivity contribution in [2.24, 2.45) is 10.9 Å². The molecule has 0 bridgehead atoms. The van der Waals surface area contributed by atoms with E-state index in [4.69, 9.17) is 5.11 Å². The van der Waals surface area contributed by atoms with Crippen LogP contribution >= 0.6 is 11.8 Å². The number of thioether (sulfide) groups is 1. The molecule has 158 valence electrons. The highest BCUT2D eigenvalue weighted by molar-refractivity contribution is 8.18. The summed E-state index contributed by atoms with van der Waals surface area (Å²) < 4.78 is 0. The lowest BCUT2D eigenvalue weighted by Crippen LogP contribution is -2.34. The average Bonchev–Trinajstić information content (AvgIpc) is 3.12. The number of nitrogens with one attached hydrogen (secondary N) is 1. The van der Waals surface area contributed by atoms with Gasteiger partial charge in [-0.3, -0.25) is 9.79 Å². The Kier molecular flexibility index (Phi) is 5.28. The first kappa shape index (κ1) is 19.9. The number of amidine groups is 1. The number of amides is 1. The zero-order valence-corrected chi connectivity index (χ0v) is 17.8. The maximum absolute atomic E-state index is 13.2. The first-order valence-electron chi connectivity index (χ1n) is 10.6. The molecule has 1 amide bonds. The molecule has 7 heteroatoms. The van der Waals surface area contributed by atoms with Crippen LogP contribution in [0.4, 0.5) is 5.69 Å². The van der Waals surface area contributed by atoms with Gasteiger partial charge in [-0.1, -0.05) is 30.7 Å². The van der Waals surface area contributed by atoms with Crippen LogP contribution in [0.5, 0.6) is 0 Å². The summed E-state index contributed by atoms with van der Waals surface area (Å²) in [4.78, 5) is 32.0. The Morgan fingerprint density at radius 3 is 2.58 bits per heavy atom. The number of fused-ring (bicyclic) bond motifs is 1. The van der Waals surface area contributed by atoms with E-state index in [9.17, 15) is 9.59 Å². The van der Waals surface area contributed by atoms with Gasteiger partial charge < -0.3 is 15.3 Å². The van der Waals surface area contributed by atoms with E-state index in [1.807, 2.05) is 24.3 Å². The topological polar surface area (TPSA) is 82.0 Å². The van der Waals surface area contributed by atoms with Gasteiger partial charge in [0.15, 0.2) is 5.17 Å². The Labute approximate surface area is 185 Å². The van der Waals surface area contributed by atoms with Crippen LogP contribution in [0.2, 0.25) is 0 Å². The summed E-state index contributed by atoms with van der Waals surface area (Å²) in [7, 11) is 0. The van der Waals surface area contributed by atoms with Crippen molar-refractivity contribution in [3.63, 3.8) is 0 Å². The number of allylic oxidation sites excluding steroid dienone is 1. The zero-order chi connectivity index (χ0) is 21.4. The molecule has 1 fully saturated rings. The Morgan fingerprint density at radius 1 is 1.06 bits per heavy atom. The lowest BCUT2D eigenvalue weighted by Gasteiger charge is -2.34. The molecule has 2 aliphatic heterocycles. The summed E-state index contributed by atoms with van der Waals surface area (Å²) in [5.74, 6) is -0.571. The number of carbonyl (C=O) groups is 2. The summed E-state index contributed by atoms with van der Waals surface area (Å²) in [6, 6.07) is 14.4. The molecule has 1 saturated carbocycles. The van der Waals surface area contributed by atoms with Crippen molar-refractivity contribution < 1.29 is 14.7 Å². The van der Waals surface area contributed by atoms with Gasteiger partial charge in [-0.2, -0.15) is 0 Å². The molecule has 0 aromatic heterocycles. The van der Waals surface area contributed by atoms with E-state index in [1.165, 1.54) is 18.2 Å². The summed E-state index contributed by atoms with van der Waals surface area (Å²) in [6.07, 6.45) is 4.52. The van der Waals surface area contributed by atoms with Gasteiger partial charge in [-0.25, -0.2) is 4.79 Å². The van der Waals surface area contributed by atoms with E-state index in [0.29, 0.717) is 5.92 Å².